The van der Waals surface area contributed by atoms with Crippen LogP contribution < -0.4 is 4.74 Å². The first-order valence-corrected chi connectivity index (χ1v) is 6.88. The lowest BCUT2D eigenvalue weighted by Crippen LogP contribution is -2.46. The lowest BCUT2D eigenvalue weighted by molar-refractivity contribution is -0.142. The zero-order valence-corrected chi connectivity index (χ0v) is 12.2. The zero-order chi connectivity index (χ0) is 16.3. The monoisotopic (exact) mass is 324 g/mol. The highest BCUT2D eigenvalue weighted by atomic mass is 35.5. The molecule has 116 valence electrons. The summed E-state index contributed by atoms with van der Waals surface area (Å²) >= 11 is 5.97. The molecule has 0 saturated carbocycles. The van der Waals surface area contributed by atoms with E-state index in [0.717, 1.165) is 4.90 Å². The summed E-state index contributed by atoms with van der Waals surface area (Å²) in [6, 6.07) is 4.84. The molecule has 7 nitrogen and oxygen atoms in total. The van der Waals surface area contributed by atoms with Gasteiger partial charge < -0.3 is 14.9 Å². The molecule has 1 heterocycles. The fourth-order valence-electron chi connectivity index (χ4n) is 2.45. The number of rotatable bonds is 4. The van der Waals surface area contributed by atoms with E-state index in [0.29, 0.717) is 17.7 Å². The van der Waals surface area contributed by atoms with E-state index in [1.54, 1.807) is 0 Å². The van der Waals surface area contributed by atoms with Crippen molar-refractivity contribution in [2.24, 2.45) is 0 Å². The van der Waals surface area contributed by atoms with Gasteiger partial charge in [0.05, 0.1) is 22.7 Å². The van der Waals surface area contributed by atoms with Gasteiger partial charge in [-0.05, 0) is 31.0 Å². The van der Waals surface area contributed by atoms with Gasteiger partial charge in [0.2, 0.25) is 0 Å². The van der Waals surface area contributed by atoms with Crippen molar-refractivity contribution in [3.8, 4) is 11.8 Å². The minimum Gasteiger partial charge on any atom is -0.490 e. The van der Waals surface area contributed by atoms with Gasteiger partial charge in [-0.1, -0.05) is 11.6 Å². The molecular weight excluding hydrogens is 312 g/mol. The first-order chi connectivity index (χ1) is 10.4. The van der Waals surface area contributed by atoms with Crippen LogP contribution in [0.1, 0.15) is 18.4 Å². The molecule has 0 aromatic heterocycles. The summed E-state index contributed by atoms with van der Waals surface area (Å²) in [7, 11) is 0. The third-order valence-electron chi connectivity index (χ3n) is 3.50. The van der Waals surface area contributed by atoms with Crippen LogP contribution in [0.25, 0.3) is 0 Å². The quantitative estimate of drug-likeness (QED) is 0.878. The smallest absolute Gasteiger partial charge is 0.408 e. The Balaban J connectivity index is 2.06. The predicted molar refractivity (Wildman–Crippen MR) is 76.0 cm³/mol. The number of hydrogen-bond acceptors (Lipinski definition) is 4. The Morgan fingerprint density at radius 3 is 2.68 bits per heavy atom. The van der Waals surface area contributed by atoms with Crippen LogP contribution in [0.2, 0.25) is 5.02 Å². The van der Waals surface area contributed by atoms with Crippen molar-refractivity contribution in [2.75, 3.05) is 6.61 Å². The van der Waals surface area contributed by atoms with Gasteiger partial charge in [0, 0.05) is 0 Å². The highest BCUT2D eigenvalue weighted by Crippen LogP contribution is 2.28. The number of aliphatic carboxylic acids is 1. The van der Waals surface area contributed by atoms with Gasteiger partial charge in [-0.25, -0.2) is 9.59 Å². The van der Waals surface area contributed by atoms with Gasteiger partial charge in [-0.2, -0.15) is 5.26 Å². The van der Waals surface area contributed by atoms with Crippen molar-refractivity contribution < 1.29 is 24.5 Å². The van der Waals surface area contributed by atoms with E-state index in [-0.39, 0.29) is 18.1 Å². The van der Waals surface area contributed by atoms with Crippen molar-refractivity contribution in [3.63, 3.8) is 0 Å². The molecule has 8 heteroatoms. The summed E-state index contributed by atoms with van der Waals surface area (Å²) in [5.41, 5.74) is 0.385. The van der Waals surface area contributed by atoms with Crippen molar-refractivity contribution in [3.05, 3.63) is 28.8 Å². The van der Waals surface area contributed by atoms with Gasteiger partial charge in [-0.3, -0.25) is 4.90 Å². The van der Waals surface area contributed by atoms with E-state index in [2.05, 4.69) is 0 Å². The van der Waals surface area contributed by atoms with Gasteiger partial charge in [0.1, 0.15) is 18.4 Å². The van der Waals surface area contributed by atoms with Crippen molar-refractivity contribution in [1.29, 1.82) is 5.26 Å². The second kappa shape index (κ2) is 6.54. The molecule has 1 aromatic carbocycles. The number of carbonyl (C=O) groups is 2. The average Bonchev–Trinajstić information content (AvgIpc) is 2.90. The molecule has 2 rings (SSSR count). The molecule has 0 radical (unpaired) electrons. The van der Waals surface area contributed by atoms with Crippen LogP contribution >= 0.6 is 11.6 Å². The van der Waals surface area contributed by atoms with Gasteiger partial charge >= 0.3 is 12.1 Å². The van der Waals surface area contributed by atoms with E-state index in [1.165, 1.54) is 18.2 Å². The maximum atomic E-state index is 11.2. The van der Waals surface area contributed by atoms with Crippen LogP contribution in [-0.2, 0) is 4.79 Å². The average molecular weight is 325 g/mol. The summed E-state index contributed by atoms with van der Waals surface area (Å²) in [5, 5.41) is 27.2. The van der Waals surface area contributed by atoms with Gasteiger partial charge in [0.25, 0.3) is 0 Å². The normalized spacial score (nSPS) is 20.5. The molecule has 1 aliphatic heterocycles. The van der Waals surface area contributed by atoms with Crippen LogP contribution in [-0.4, -0.2) is 45.9 Å². The van der Waals surface area contributed by atoms with Gasteiger partial charge in [-0.15, -0.1) is 0 Å². The Kier molecular flexibility index (Phi) is 4.73. The molecule has 1 aromatic rings. The predicted octanol–water partition coefficient (Wildman–Crippen LogP) is 2.19. The van der Waals surface area contributed by atoms with Crippen molar-refractivity contribution >= 4 is 23.7 Å². The maximum Gasteiger partial charge on any atom is 0.408 e. The lowest BCUT2D eigenvalue weighted by Gasteiger charge is -2.25. The maximum absolute atomic E-state index is 11.2. The van der Waals surface area contributed by atoms with E-state index in [4.69, 9.17) is 31.8 Å². The molecule has 2 atom stereocenters. The van der Waals surface area contributed by atoms with E-state index < -0.39 is 24.1 Å². The molecule has 1 aliphatic rings. The molecule has 0 bridgehead atoms. The number of carboxylic acid groups (broad SMARTS) is 2. The molecule has 1 saturated heterocycles. The number of nitriles is 1. The number of amides is 1. The minimum absolute atomic E-state index is 0.00169. The van der Waals surface area contributed by atoms with E-state index in [9.17, 15) is 9.59 Å². The number of carboxylic acids is 1. The van der Waals surface area contributed by atoms with Crippen LogP contribution in [0, 0.1) is 11.3 Å². The Bertz CT molecular complexity index is 643. The molecular formula is C14H13ClN2O5. The van der Waals surface area contributed by atoms with Crippen LogP contribution in [0.4, 0.5) is 4.79 Å². The standard InChI is InChI=1S/C14H13ClN2O5/c15-10-5-8(6-16)1-4-12(10)22-7-9-2-3-11(13(18)19)17(9)14(20)21/h1,4-5,9,11H,2-3,7H2,(H,18,19)(H,20,21)/t9-,11+/m1/s1. The Morgan fingerprint density at radius 2 is 2.14 bits per heavy atom. The van der Waals surface area contributed by atoms with Crippen LogP contribution in [0.15, 0.2) is 18.2 Å². The number of benzene rings is 1. The highest BCUT2D eigenvalue weighted by Gasteiger charge is 2.41. The Morgan fingerprint density at radius 1 is 1.41 bits per heavy atom. The first kappa shape index (κ1) is 15.9. The number of hydrogen-bond donors (Lipinski definition) is 2. The Labute approximate surface area is 131 Å². The summed E-state index contributed by atoms with van der Waals surface area (Å²) in [6.07, 6.45) is -0.641. The summed E-state index contributed by atoms with van der Waals surface area (Å²) in [4.78, 5) is 23.2. The SMILES string of the molecule is N#Cc1ccc(OC[C@H]2CC[C@@H](C(=O)O)N2C(=O)O)c(Cl)c1. The highest BCUT2D eigenvalue weighted by molar-refractivity contribution is 6.32. The fourth-order valence-corrected chi connectivity index (χ4v) is 2.69. The number of ether oxygens (including phenoxy) is 1. The Hall–Kier alpha value is -2.46. The van der Waals surface area contributed by atoms with Crippen molar-refractivity contribution in [2.45, 2.75) is 24.9 Å². The second-order valence-corrected chi connectivity index (χ2v) is 5.25. The van der Waals surface area contributed by atoms with E-state index in [1.807, 2.05) is 6.07 Å². The largest absolute Gasteiger partial charge is 0.490 e. The summed E-state index contributed by atoms with van der Waals surface area (Å²) in [6.45, 7) is 0.00169. The zero-order valence-electron chi connectivity index (χ0n) is 11.4. The molecule has 1 amide bonds. The number of halogens is 1. The number of nitrogens with zero attached hydrogens (tertiary/aromatic N) is 2. The summed E-state index contributed by atoms with van der Waals surface area (Å²) in [5.74, 6) is -0.842. The molecule has 0 aliphatic carbocycles. The number of likely N-dealkylation sites (tertiary alicyclic amines) is 1. The van der Waals surface area contributed by atoms with Gasteiger partial charge in [0.15, 0.2) is 0 Å². The minimum atomic E-state index is -1.29. The van der Waals surface area contributed by atoms with E-state index >= 15 is 0 Å². The molecule has 0 unspecified atom stereocenters. The summed E-state index contributed by atoms with van der Waals surface area (Å²) < 4.78 is 5.49. The third kappa shape index (κ3) is 3.23. The fraction of sp³-hybridized carbons (Fsp3) is 0.357. The second-order valence-electron chi connectivity index (χ2n) is 4.84. The molecule has 1 fully saturated rings. The molecule has 22 heavy (non-hydrogen) atoms. The van der Waals surface area contributed by atoms with Crippen LogP contribution in [0.5, 0.6) is 5.75 Å². The van der Waals surface area contributed by atoms with Crippen molar-refractivity contribution in [1.82, 2.24) is 4.90 Å². The lowest BCUT2D eigenvalue weighted by atomic mass is 10.2. The van der Waals surface area contributed by atoms with Crippen LogP contribution in [0.3, 0.4) is 0 Å². The molecule has 2 N–H and O–H groups in total. The third-order valence-corrected chi connectivity index (χ3v) is 3.80. The topological polar surface area (TPSA) is 111 Å². The first-order valence-electron chi connectivity index (χ1n) is 6.50. The molecule has 0 spiro atoms.